The summed E-state index contributed by atoms with van der Waals surface area (Å²) in [6.07, 6.45) is 5.89. The van der Waals surface area contributed by atoms with Crippen molar-refractivity contribution in [1.82, 2.24) is 9.62 Å². The van der Waals surface area contributed by atoms with E-state index in [0.29, 0.717) is 24.4 Å². The average molecular weight is 456 g/mol. The number of carbonyl (C=O) groups excluding carboxylic acids is 1. The van der Waals surface area contributed by atoms with Gasteiger partial charge in [-0.2, -0.15) is 0 Å². The Balaban J connectivity index is 1.22. The van der Waals surface area contributed by atoms with Crippen LogP contribution in [0.4, 0.5) is 5.69 Å². The molecule has 4 rings (SSSR count). The monoisotopic (exact) mass is 455 g/mol. The number of fused-ring (bicyclic) bond motifs is 1. The number of piperidine rings is 1. The quantitative estimate of drug-likeness (QED) is 0.639. The van der Waals surface area contributed by atoms with Crippen molar-refractivity contribution in [2.24, 2.45) is 5.92 Å². The molecule has 0 saturated carbocycles. The summed E-state index contributed by atoms with van der Waals surface area (Å²) in [5, 5.41) is 3.03. The topological polar surface area (TPSA) is 78.5 Å². The number of nitrogens with zero attached hydrogens (tertiary/aromatic N) is 1. The second-order valence-corrected chi connectivity index (χ2v) is 10.9. The predicted octanol–water partition coefficient (Wildman–Crippen LogP) is 3.50. The van der Waals surface area contributed by atoms with Gasteiger partial charge in [0, 0.05) is 31.7 Å². The van der Waals surface area contributed by atoms with Crippen LogP contribution in [0.15, 0.2) is 47.4 Å². The van der Waals surface area contributed by atoms with Crippen LogP contribution in [0.25, 0.3) is 0 Å². The number of benzene rings is 2. The molecule has 1 amide bonds. The fourth-order valence-corrected chi connectivity index (χ4v) is 5.80. The summed E-state index contributed by atoms with van der Waals surface area (Å²) in [4.78, 5) is 15.0. The third kappa shape index (κ3) is 5.97. The summed E-state index contributed by atoms with van der Waals surface area (Å²) in [5.74, 6) is 0.286. The fraction of sp³-hybridized carbons (Fsp3) is 0.480. The van der Waals surface area contributed by atoms with E-state index in [-0.39, 0.29) is 11.8 Å². The highest BCUT2D eigenvalue weighted by Crippen LogP contribution is 2.25. The summed E-state index contributed by atoms with van der Waals surface area (Å²) in [6.45, 7) is 4.81. The van der Waals surface area contributed by atoms with Crippen molar-refractivity contribution >= 4 is 21.6 Å². The molecule has 0 bridgehead atoms. The maximum Gasteiger partial charge on any atom is 0.240 e. The van der Waals surface area contributed by atoms with Crippen molar-refractivity contribution in [3.05, 3.63) is 59.2 Å². The molecule has 1 aliphatic heterocycles. The van der Waals surface area contributed by atoms with E-state index >= 15 is 0 Å². The lowest BCUT2D eigenvalue weighted by molar-refractivity contribution is -0.116. The first-order chi connectivity index (χ1) is 15.4. The predicted molar refractivity (Wildman–Crippen MR) is 127 cm³/mol. The SMILES string of the molecule is Cc1ccc(S(=O)(=O)NC[C@@H]2CCCN(CCC(=O)Nc3ccc4c(c3)CCC4)C2)cc1. The van der Waals surface area contributed by atoms with Crippen LogP contribution in [0.1, 0.15) is 42.4 Å². The molecule has 1 atom stereocenters. The minimum Gasteiger partial charge on any atom is -0.326 e. The molecule has 172 valence electrons. The molecule has 2 N–H and O–H groups in total. The lowest BCUT2D eigenvalue weighted by atomic mass is 9.98. The van der Waals surface area contributed by atoms with Crippen molar-refractivity contribution in [3.63, 3.8) is 0 Å². The van der Waals surface area contributed by atoms with E-state index in [2.05, 4.69) is 27.1 Å². The summed E-state index contributed by atoms with van der Waals surface area (Å²) in [5.41, 5.74) is 4.68. The Hall–Kier alpha value is -2.22. The molecule has 6 nitrogen and oxygen atoms in total. The van der Waals surface area contributed by atoms with Crippen molar-refractivity contribution in [3.8, 4) is 0 Å². The molecule has 1 aliphatic carbocycles. The van der Waals surface area contributed by atoms with Gasteiger partial charge in [-0.3, -0.25) is 4.79 Å². The zero-order chi connectivity index (χ0) is 22.6. The van der Waals surface area contributed by atoms with Crippen molar-refractivity contribution in [1.29, 1.82) is 0 Å². The molecule has 0 spiro atoms. The molecule has 1 saturated heterocycles. The summed E-state index contributed by atoms with van der Waals surface area (Å²) < 4.78 is 27.9. The normalized spacial score (nSPS) is 19.0. The number of rotatable bonds is 8. The van der Waals surface area contributed by atoms with Gasteiger partial charge in [0.25, 0.3) is 0 Å². The first-order valence-corrected chi connectivity index (χ1v) is 13.1. The lowest BCUT2D eigenvalue weighted by Gasteiger charge is -2.32. The number of carbonyl (C=O) groups is 1. The minimum absolute atomic E-state index is 0.0325. The highest BCUT2D eigenvalue weighted by atomic mass is 32.2. The van der Waals surface area contributed by atoms with Crippen LogP contribution >= 0.6 is 0 Å². The minimum atomic E-state index is -3.49. The Kier molecular flexibility index (Phi) is 7.28. The molecule has 2 aromatic rings. The van der Waals surface area contributed by atoms with Crippen LogP contribution in [0.2, 0.25) is 0 Å². The Labute approximate surface area is 191 Å². The fourth-order valence-electron chi connectivity index (χ4n) is 4.68. The van der Waals surface area contributed by atoms with Crippen LogP contribution < -0.4 is 10.0 Å². The Bertz CT molecular complexity index is 1050. The summed E-state index contributed by atoms with van der Waals surface area (Å²) >= 11 is 0. The molecular formula is C25H33N3O3S. The highest BCUT2D eigenvalue weighted by molar-refractivity contribution is 7.89. The highest BCUT2D eigenvalue weighted by Gasteiger charge is 2.23. The molecule has 0 unspecified atom stereocenters. The van der Waals surface area contributed by atoms with Crippen LogP contribution in [0.5, 0.6) is 0 Å². The molecule has 1 fully saturated rings. The zero-order valence-electron chi connectivity index (χ0n) is 18.8. The van der Waals surface area contributed by atoms with Gasteiger partial charge in [0.05, 0.1) is 4.90 Å². The number of aryl methyl sites for hydroxylation is 3. The molecular weight excluding hydrogens is 422 g/mol. The van der Waals surface area contributed by atoms with Crippen LogP contribution in [0.3, 0.4) is 0 Å². The Morgan fingerprint density at radius 1 is 1.06 bits per heavy atom. The van der Waals surface area contributed by atoms with Gasteiger partial charge in [0.2, 0.25) is 15.9 Å². The van der Waals surface area contributed by atoms with Crippen LogP contribution in [-0.2, 0) is 27.7 Å². The number of hydrogen-bond acceptors (Lipinski definition) is 4. The molecule has 1 heterocycles. The number of anilines is 1. The maximum absolute atomic E-state index is 12.5. The second-order valence-electron chi connectivity index (χ2n) is 9.11. The Morgan fingerprint density at radius 2 is 1.84 bits per heavy atom. The summed E-state index contributed by atoms with van der Waals surface area (Å²) in [7, 11) is -3.49. The van der Waals surface area contributed by atoms with Gasteiger partial charge in [0.1, 0.15) is 0 Å². The van der Waals surface area contributed by atoms with E-state index in [1.165, 1.54) is 17.5 Å². The van der Waals surface area contributed by atoms with E-state index in [1.54, 1.807) is 12.1 Å². The van der Waals surface area contributed by atoms with E-state index in [1.807, 2.05) is 25.1 Å². The van der Waals surface area contributed by atoms with E-state index in [4.69, 9.17) is 0 Å². The molecule has 32 heavy (non-hydrogen) atoms. The number of amides is 1. The van der Waals surface area contributed by atoms with E-state index < -0.39 is 10.0 Å². The zero-order valence-corrected chi connectivity index (χ0v) is 19.6. The average Bonchev–Trinajstić information content (AvgIpc) is 3.25. The van der Waals surface area contributed by atoms with Gasteiger partial charge >= 0.3 is 0 Å². The number of sulfonamides is 1. The van der Waals surface area contributed by atoms with Gasteiger partial charge in [0.15, 0.2) is 0 Å². The standard InChI is InChI=1S/C25H33N3O3S/c1-19-7-11-24(12-8-19)32(30,31)26-17-20-4-3-14-28(18-20)15-13-25(29)27-23-10-9-21-5-2-6-22(21)16-23/h7-12,16,20,26H,2-6,13-15,17-18H2,1H3,(H,27,29)/t20-/m0/s1. The van der Waals surface area contributed by atoms with Gasteiger partial charge in [-0.1, -0.05) is 23.8 Å². The largest absolute Gasteiger partial charge is 0.326 e. The molecule has 0 radical (unpaired) electrons. The molecule has 7 heteroatoms. The van der Waals surface area contributed by atoms with Crippen LogP contribution in [0, 0.1) is 12.8 Å². The van der Waals surface area contributed by atoms with Crippen molar-refractivity contribution in [2.45, 2.75) is 50.3 Å². The first kappa shape index (κ1) is 23.0. The maximum atomic E-state index is 12.5. The third-order valence-electron chi connectivity index (χ3n) is 6.53. The molecule has 2 aliphatic rings. The van der Waals surface area contributed by atoms with Crippen LogP contribution in [-0.4, -0.2) is 45.4 Å². The van der Waals surface area contributed by atoms with E-state index in [0.717, 1.165) is 50.0 Å². The first-order valence-electron chi connectivity index (χ1n) is 11.6. The smallest absolute Gasteiger partial charge is 0.240 e. The van der Waals surface area contributed by atoms with Gasteiger partial charge in [-0.25, -0.2) is 13.1 Å². The number of hydrogen-bond donors (Lipinski definition) is 2. The number of likely N-dealkylation sites (tertiary alicyclic amines) is 1. The third-order valence-corrected chi connectivity index (χ3v) is 7.97. The summed E-state index contributed by atoms with van der Waals surface area (Å²) in [6, 6.07) is 13.1. The lowest BCUT2D eigenvalue weighted by Crippen LogP contribution is -2.41. The molecule has 2 aromatic carbocycles. The Morgan fingerprint density at radius 3 is 2.66 bits per heavy atom. The van der Waals surface area contributed by atoms with Gasteiger partial charge < -0.3 is 10.2 Å². The number of nitrogens with one attached hydrogen (secondary N) is 2. The van der Waals surface area contributed by atoms with Crippen molar-refractivity contribution in [2.75, 3.05) is 31.5 Å². The second kappa shape index (κ2) is 10.1. The molecule has 0 aromatic heterocycles. The van der Waals surface area contributed by atoms with E-state index in [9.17, 15) is 13.2 Å². The van der Waals surface area contributed by atoms with Gasteiger partial charge in [-0.05, 0) is 86.9 Å². The van der Waals surface area contributed by atoms with Crippen molar-refractivity contribution < 1.29 is 13.2 Å². The van der Waals surface area contributed by atoms with Gasteiger partial charge in [-0.15, -0.1) is 0 Å².